The molecule has 0 atom stereocenters. The Bertz CT molecular complexity index is 1120. The highest BCUT2D eigenvalue weighted by molar-refractivity contribution is 8.00. The van der Waals surface area contributed by atoms with Crippen molar-refractivity contribution in [2.24, 2.45) is 0 Å². The molecule has 0 saturated carbocycles. The Balaban J connectivity index is 1.48. The lowest BCUT2D eigenvalue weighted by molar-refractivity contribution is 0.0237. The number of rotatable bonds is 3. The third-order valence-corrected chi connectivity index (χ3v) is 6.50. The van der Waals surface area contributed by atoms with Crippen LogP contribution in [-0.4, -0.2) is 28.1 Å². The highest BCUT2D eigenvalue weighted by atomic mass is 35.5. The second-order valence-electron chi connectivity index (χ2n) is 8.62. The fourth-order valence-electron chi connectivity index (χ4n) is 3.65. The number of H-pyrrole nitrogens is 1. The molecule has 164 valence electrons. The van der Waals surface area contributed by atoms with Gasteiger partial charge in [-0.3, -0.25) is 0 Å². The van der Waals surface area contributed by atoms with E-state index in [-0.39, 0.29) is 6.09 Å². The number of fused-ring (bicyclic) bond motifs is 2. The molecular formula is C23H25Cl2N3O2S. The van der Waals surface area contributed by atoms with Gasteiger partial charge in [0, 0.05) is 29.6 Å². The lowest BCUT2D eigenvalue weighted by Gasteiger charge is -2.26. The van der Waals surface area contributed by atoms with Gasteiger partial charge in [-0.2, -0.15) is 0 Å². The third-order valence-electron chi connectivity index (χ3n) is 5.08. The number of hydrogen-bond acceptors (Lipinski definition) is 4. The Morgan fingerprint density at radius 2 is 1.97 bits per heavy atom. The second-order valence-corrected chi connectivity index (χ2v) is 10.3. The minimum atomic E-state index is -0.491. The number of ether oxygens (including phenoxy) is 1. The summed E-state index contributed by atoms with van der Waals surface area (Å²) in [5.74, 6) is 0. The first kappa shape index (κ1) is 22.2. The van der Waals surface area contributed by atoms with Gasteiger partial charge in [-0.15, -0.1) is 0 Å². The molecule has 0 radical (unpaired) electrons. The standard InChI is InChI=1S/C23H25Cl2N3O2S/c1-23(2,3)30-22(29)28-10-4-5-14-11-16(7-6-15(14)13-28)31-27-19-9-8-17(24)20-18(25)12-26-21(19)20/h6-9,11-12,26-27H,4-5,10,13H2,1-3H3. The van der Waals surface area contributed by atoms with Crippen LogP contribution in [0.3, 0.4) is 0 Å². The first-order valence-corrected chi connectivity index (χ1v) is 11.8. The molecule has 0 spiro atoms. The van der Waals surface area contributed by atoms with E-state index in [1.54, 1.807) is 11.1 Å². The van der Waals surface area contributed by atoms with Crippen LogP contribution < -0.4 is 4.72 Å². The number of anilines is 1. The number of aromatic amines is 1. The Morgan fingerprint density at radius 3 is 2.74 bits per heavy atom. The molecule has 2 aromatic carbocycles. The molecule has 31 heavy (non-hydrogen) atoms. The Labute approximate surface area is 196 Å². The van der Waals surface area contributed by atoms with Crippen LogP contribution in [0.2, 0.25) is 10.0 Å². The molecule has 0 bridgehead atoms. The van der Waals surface area contributed by atoms with Crippen molar-refractivity contribution in [1.82, 2.24) is 9.88 Å². The maximum absolute atomic E-state index is 12.5. The van der Waals surface area contributed by atoms with Gasteiger partial charge in [0.1, 0.15) is 5.60 Å². The van der Waals surface area contributed by atoms with Crippen LogP contribution in [0.25, 0.3) is 10.9 Å². The third kappa shape index (κ3) is 5.08. The van der Waals surface area contributed by atoms with E-state index in [1.165, 1.54) is 17.5 Å². The van der Waals surface area contributed by atoms with E-state index in [4.69, 9.17) is 27.9 Å². The molecular weight excluding hydrogens is 453 g/mol. The molecule has 2 heterocycles. The van der Waals surface area contributed by atoms with Crippen molar-refractivity contribution in [3.8, 4) is 0 Å². The molecule has 2 N–H and O–H groups in total. The summed E-state index contributed by atoms with van der Waals surface area (Å²) in [6.45, 7) is 6.94. The molecule has 8 heteroatoms. The quantitative estimate of drug-likeness (QED) is 0.389. The van der Waals surface area contributed by atoms with E-state index in [1.807, 2.05) is 32.9 Å². The number of aromatic nitrogens is 1. The molecule has 4 rings (SSSR count). The monoisotopic (exact) mass is 477 g/mol. The van der Waals surface area contributed by atoms with Crippen LogP contribution in [0.4, 0.5) is 10.5 Å². The van der Waals surface area contributed by atoms with E-state index in [0.29, 0.717) is 23.1 Å². The minimum Gasteiger partial charge on any atom is -0.444 e. The maximum atomic E-state index is 12.5. The number of benzene rings is 2. The number of aryl methyl sites for hydroxylation is 1. The minimum absolute atomic E-state index is 0.253. The maximum Gasteiger partial charge on any atom is 0.410 e. The summed E-state index contributed by atoms with van der Waals surface area (Å²) in [6.07, 6.45) is 3.33. The fourth-order valence-corrected chi connectivity index (χ4v) is 4.94. The van der Waals surface area contributed by atoms with E-state index in [2.05, 4.69) is 27.9 Å². The fraction of sp³-hybridized carbons (Fsp3) is 0.348. The number of nitrogens with one attached hydrogen (secondary N) is 2. The number of carbonyl (C=O) groups is 1. The van der Waals surface area contributed by atoms with Crippen LogP contribution in [0.5, 0.6) is 0 Å². The molecule has 1 aliphatic rings. The van der Waals surface area contributed by atoms with Crippen LogP contribution in [0, 0.1) is 0 Å². The summed E-state index contributed by atoms with van der Waals surface area (Å²) >= 11 is 14.1. The van der Waals surface area contributed by atoms with Crippen molar-refractivity contribution in [3.63, 3.8) is 0 Å². The summed E-state index contributed by atoms with van der Waals surface area (Å²) in [6, 6.07) is 10.1. The topological polar surface area (TPSA) is 57.4 Å². The number of hydrogen-bond donors (Lipinski definition) is 2. The number of halogens is 2. The zero-order chi connectivity index (χ0) is 22.2. The normalized spacial score (nSPS) is 14.3. The Hall–Kier alpha value is -2.02. The molecule has 1 aromatic heterocycles. The summed E-state index contributed by atoms with van der Waals surface area (Å²) in [4.78, 5) is 18.6. The van der Waals surface area contributed by atoms with Gasteiger partial charge in [-0.05, 0) is 81.0 Å². The van der Waals surface area contributed by atoms with E-state index < -0.39 is 5.60 Å². The van der Waals surface area contributed by atoms with Crippen LogP contribution in [0.1, 0.15) is 38.3 Å². The van der Waals surface area contributed by atoms with Gasteiger partial charge < -0.3 is 19.3 Å². The summed E-state index contributed by atoms with van der Waals surface area (Å²) in [5, 5.41) is 2.04. The molecule has 1 amide bonds. The van der Waals surface area contributed by atoms with Crippen LogP contribution >= 0.6 is 35.1 Å². The van der Waals surface area contributed by atoms with Crippen molar-refractivity contribution < 1.29 is 9.53 Å². The SMILES string of the molecule is CC(C)(C)OC(=O)N1CCCc2cc(SNc3ccc(Cl)c4c(Cl)c[nH]c34)ccc2C1. The molecule has 0 fully saturated rings. The lowest BCUT2D eigenvalue weighted by Crippen LogP contribution is -2.36. The molecule has 1 aliphatic heterocycles. The Morgan fingerprint density at radius 1 is 1.16 bits per heavy atom. The number of nitrogens with zero attached hydrogens (tertiary/aromatic N) is 1. The largest absolute Gasteiger partial charge is 0.444 e. The van der Waals surface area contributed by atoms with Crippen molar-refractivity contribution in [1.29, 1.82) is 0 Å². The molecule has 0 unspecified atom stereocenters. The van der Waals surface area contributed by atoms with Gasteiger partial charge in [0.2, 0.25) is 0 Å². The summed E-state index contributed by atoms with van der Waals surface area (Å²) < 4.78 is 8.96. The molecule has 0 aliphatic carbocycles. The number of amides is 1. The average molecular weight is 478 g/mol. The van der Waals surface area contributed by atoms with E-state index >= 15 is 0 Å². The van der Waals surface area contributed by atoms with Gasteiger partial charge >= 0.3 is 6.09 Å². The highest BCUT2D eigenvalue weighted by Gasteiger charge is 2.24. The highest BCUT2D eigenvalue weighted by Crippen LogP contribution is 2.36. The Kier molecular flexibility index (Phi) is 6.33. The van der Waals surface area contributed by atoms with E-state index in [0.717, 1.165) is 39.9 Å². The van der Waals surface area contributed by atoms with Gasteiger partial charge in [0.25, 0.3) is 0 Å². The predicted molar refractivity (Wildman–Crippen MR) is 129 cm³/mol. The zero-order valence-electron chi connectivity index (χ0n) is 17.7. The van der Waals surface area contributed by atoms with Crippen molar-refractivity contribution in [2.45, 2.75) is 50.7 Å². The molecule has 0 saturated heterocycles. The van der Waals surface area contributed by atoms with Crippen LogP contribution in [-0.2, 0) is 17.7 Å². The first-order valence-electron chi connectivity index (χ1n) is 10.2. The summed E-state index contributed by atoms with van der Waals surface area (Å²) in [5.41, 5.74) is 3.74. The first-order chi connectivity index (χ1) is 14.7. The van der Waals surface area contributed by atoms with Crippen molar-refractivity contribution >= 4 is 57.8 Å². The zero-order valence-corrected chi connectivity index (χ0v) is 20.0. The van der Waals surface area contributed by atoms with Gasteiger partial charge in [-0.1, -0.05) is 29.3 Å². The lowest BCUT2D eigenvalue weighted by atomic mass is 10.0. The van der Waals surface area contributed by atoms with Crippen molar-refractivity contribution in [3.05, 3.63) is 57.7 Å². The second kappa shape index (κ2) is 8.85. The summed E-state index contributed by atoms with van der Waals surface area (Å²) in [7, 11) is 0. The average Bonchev–Trinajstić information content (AvgIpc) is 2.96. The predicted octanol–water partition coefficient (Wildman–Crippen LogP) is 7.28. The number of carbonyl (C=O) groups excluding carboxylic acids is 1. The molecule has 5 nitrogen and oxygen atoms in total. The van der Waals surface area contributed by atoms with E-state index in [9.17, 15) is 4.79 Å². The van der Waals surface area contributed by atoms with Gasteiger partial charge in [-0.25, -0.2) is 4.79 Å². The van der Waals surface area contributed by atoms with Gasteiger partial charge in [0.05, 0.1) is 21.2 Å². The van der Waals surface area contributed by atoms with Crippen molar-refractivity contribution in [2.75, 3.05) is 11.3 Å². The molecule has 3 aromatic rings. The van der Waals surface area contributed by atoms with Crippen LogP contribution in [0.15, 0.2) is 41.4 Å². The smallest absolute Gasteiger partial charge is 0.410 e. The van der Waals surface area contributed by atoms with Gasteiger partial charge in [0.15, 0.2) is 0 Å².